The zero-order valence-corrected chi connectivity index (χ0v) is 12.8. The molecule has 1 fully saturated rings. The molecule has 1 aromatic rings. The zero-order valence-electron chi connectivity index (χ0n) is 11.9. The van der Waals surface area contributed by atoms with E-state index < -0.39 is 10.0 Å². The molecule has 1 atom stereocenters. The van der Waals surface area contributed by atoms with Crippen LogP contribution in [-0.2, 0) is 10.0 Å². The third kappa shape index (κ3) is 4.33. The van der Waals surface area contributed by atoms with Crippen molar-refractivity contribution in [2.24, 2.45) is 5.92 Å². The molecule has 1 saturated heterocycles. The first kappa shape index (κ1) is 16.1. The Balaban J connectivity index is 1.83. The number of sulfonamides is 1. The van der Waals surface area contributed by atoms with Crippen molar-refractivity contribution in [3.8, 4) is 5.75 Å². The van der Waals surface area contributed by atoms with Crippen LogP contribution in [0.1, 0.15) is 12.8 Å². The van der Waals surface area contributed by atoms with Gasteiger partial charge in [-0.1, -0.05) is 12.1 Å². The number of rotatable bonds is 7. The molecule has 0 bridgehead atoms. The number of benzene rings is 1. The number of para-hydroxylation sites is 2. The number of hydrogen-bond acceptors (Lipinski definition) is 5. The molecule has 6 nitrogen and oxygen atoms in total. The van der Waals surface area contributed by atoms with E-state index in [1.54, 1.807) is 24.3 Å². The van der Waals surface area contributed by atoms with Gasteiger partial charge in [-0.2, -0.15) is 0 Å². The number of nitrogens with two attached hydrogens (primary N) is 1. The van der Waals surface area contributed by atoms with E-state index in [0.29, 0.717) is 30.9 Å². The number of aliphatic hydroxyl groups excluding tert-OH is 1. The lowest BCUT2D eigenvalue weighted by Crippen LogP contribution is -2.33. The zero-order chi connectivity index (χ0) is 15.3. The number of nitrogens with zero attached hydrogens (tertiary/aromatic N) is 1. The van der Waals surface area contributed by atoms with E-state index in [2.05, 4.69) is 0 Å². The Morgan fingerprint density at radius 3 is 2.86 bits per heavy atom. The Kier molecular flexibility index (Phi) is 5.44. The molecule has 0 aliphatic carbocycles. The van der Waals surface area contributed by atoms with Crippen LogP contribution in [0.3, 0.4) is 0 Å². The quantitative estimate of drug-likeness (QED) is 0.722. The molecule has 21 heavy (non-hydrogen) atoms. The van der Waals surface area contributed by atoms with Crippen molar-refractivity contribution < 1.29 is 18.3 Å². The molecule has 0 amide bonds. The Morgan fingerprint density at radius 1 is 1.38 bits per heavy atom. The first-order valence-electron chi connectivity index (χ1n) is 7.09. The largest absolute Gasteiger partial charge is 0.490 e. The standard InChI is InChI=1S/C14H22N2O4S/c15-13-3-1-2-4-14(13)20-9-10-21(18,19)16-7-5-12(11-16)6-8-17/h1-4,12,17H,5-11,15H2. The third-order valence-corrected chi connectivity index (χ3v) is 5.50. The van der Waals surface area contributed by atoms with Gasteiger partial charge in [-0.05, 0) is 30.9 Å². The summed E-state index contributed by atoms with van der Waals surface area (Å²) in [6.07, 6.45) is 1.47. The van der Waals surface area contributed by atoms with E-state index in [-0.39, 0.29) is 24.9 Å². The summed E-state index contributed by atoms with van der Waals surface area (Å²) in [6.45, 7) is 1.21. The molecule has 0 saturated carbocycles. The lowest BCUT2D eigenvalue weighted by atomic mass is 10.1. The summed E-state index contributed by atoms with van der Waals surface area (Å²) in [5, 5.41) is 8.91. The van der Waals surface area contributed by atoms with Gasteiger partial charge >= 0.3 is 0 Å². The van der Waals surface area contributed by atoms with Gasteiger partial charge < -0.3 is 15.6 Å². The van der Waals surface area contributed by atoms with E-state index in [9.17, 15) is 8.42 Å². The van der Waals surface area contributed by atoms with Crippen LogP contribution in [0.15, 0.2) is 24.3 Å². The first-order chi connectivity index (χ1) is 10.0. The highest BCUT2D eigenvalue weighted by Gasteiger charge is 2.30. The third-order valence-electron chi connectivity index (χ3n) is 3.70. The van der Waals surface area contributed by atoms with Crippen molar-refractivity contribution in [3.05, 3.63) is 24.3 Å². The molecule has 1 aliphatic heterocycles. The minimum atomic E-state index is -3.31. The van der Waals surface area contributed by atoms with Crippen LogP contribution in [-0.4, -0.2) is 49.9 Å². The predicted molar refractivity (Wildman–Crippen MR) is 81.5 cm³/mol. The molecule has 1 unspecified atom stereocenters. The fourth-order valence-corrected chi connectivity index (χ4v) is 3.84. The van der Waals surface area contributed by atoms with Gasteiger partial charge in [-0.3, -0.25) is 0 Å². The highest BCUT2D eigenvalue weighted by molar-refractivity contribution is 7.89. The number of nitrogen functional groups attached to an aromatic ring is 1. The van der Waals surface area contributed by atoms with Crippen LogP contribution in [0.4, 0.5) is 5.69 Å². The molecule has 0 aromatic heterocycles. The smallest absolute Gasteiger partial charge is 0.217 e. The summed E-state index contributed by atoms with van der Waals surface area (Å²) in [7, 11) is -3.31. The van der Waals surface area contributed by atoms with Crippen molar-refractivity contribution in [2.45, 2.75) is 12.8 Å². The van der Waals surface area contributed by atoms with Crippen molar-refractivity contribution in [3.63, 3.8) is 0 Å². The molecule has 1 heterocycles. The fourth-order valence-electron chi connectivity index (χ4n) is 2.47. The molecule has 1 aliphatic rings. The normalized spacial score (nSPS) is 19.8. The van der Waals surface area contributed by atoms with Crippen LogP contribution in [0.25, 0.3) is 0 Å². The first-order valence-corrected chi connectivity index (χ1v) is 8.70. The summed E-state index contributed by atoms with van der Waals surface area (Å²) < 4.78 is 31.3. The second kappa shape index (κ2) is 7.11. The van der Waals surface area contributed by atoms with Crippen molar-refractivity contribution in [1.29, 1.82) is 0 Å². The summed E-state index contributed by atoms with van der Waals surface area (Å²) in [4.78, 5) is 0. The van der Waals surface area contributed by atoms with Crippen LogP contribution >= 0.6 is 0 Å². The second-order valence-electron chi connectivity index (χ2n) is 5.23. The minimum Gasteiger partial charge on any atom is -0.490 e. The molecular formula is C14H22N2O4S. The van der Waals surface area contributed by atoms with E-state index in [1.165, 1.54) is 4.31 Å². The van der Waals surface area contributed by atoms with Crippen LogP contribution in [0, 0.1) is 5.92 Å². The van der Waals surface area contributed by atoms with Gasteiger partial charge in [0.25, 0.3) is 0 Å². The summed E-state index contributed by atoms with van der Waals surface area (Å²) in [5.41, 5.74) is 6.23. The molecule has 7 heteroatoms. The predicted octanol–water partition coefficient (Wildman–Crippen LogP) is 0.682. The van der Waals surface area contributed by atoms with Crippen LogP contribution < -0.4 is 10.5 Å². The Hall–Kier alpha value is -1.31. The molecule has 0 radical (unpaired) electrons. The van der Waals surface area contributed by atoms with Gasteiger partial charge in [-0.25, -0.2) is 12.7 Å². The summed E-state index contributed by atoms with van der Waals surface area (Å²) in [5.74, 6) is 0.704. The Labute approximate surface area is 125 Å². The number of hydrogen-bond donors (Lipinski definition) is 2. The number of anilines is 1. The monoisotopic (exact) mass is 314 g/mol. The van der Waals surface area contributed by atoms with Crippen molar-refractivity contribution in [1.82, 2.24) is 4.31 Å². The van der Waals surface area contributed by atoms with Crippen molar-refractivity contribution >= 4 is 15.7 Å². The van der Waals surface area contributed by atoms with Crippen LogP contribution in [0.2, 0.25) is 0 Å². The van der Waals surface area contributed by atoms with E-state index in [1.807, 2.05) is 0 Å². The molecule has 0 spiro atoms. The summed E-state index contributed by atoms with van der Waals surface area (Å²) >= 11 is 0. The van der Waals surface area contributed by atoms with Crippen LogP contribution in [0.5, 0.6) is 5.75 Å². The minimum absolute atomic E-state index is 0.0623. The number of aliphatic hydroxyl groups is 1. The average Bonchev–Trinajstić information content (AvgIpc) is 2.91. The maximum atomic E-state index is 12.2. The van der Waals surface area contributed by atoms with Gasteiger partial charge in [0, 0.05) is 19.7 Å². The van der Waals surface area contributed by atoms with Gasteiger partial charge in [0.15, 0.2) is 0 Å². The lowest BCUT2D eigenvalue weighted by molar-refractivity contribution is 0.259. The van der Waals surface area contributed by atoms with Gasteiger partial charge in [-0.15, -0.1) is 0 Å². The summed E-state index contributed by atoms with van der Waals surface area (Å²) in [6, 6.07) is 7.02. The van der Waals surface area contributed by atoms with Gasteiger partial charge in [0.2, 0.25) is 10.0 Å². The maximum Gasteiger partial charge on any atom is 0.217 e. The molecule has 3 N–H and O–H groups in total. The second-order valence-corrected chi connectivity index (χ2v) is 7.32. The highest BCUT2D eigenvalue weighted by atomic mass is 32.2. The SMILES string of the molecule is Nc1ccccc1OCCS(=O)(=O)N1CCC(CCO)C1. The topological polar surface area (TPSA) is 92.9 Å². The molecule has 1 aromatic carbocycles. The van der Waals surface area contributed by atoms with E-state index in [0.717, 1.165) is 6.42 Å². The number of ether oxygens (including phenoxy) is 1. The molecular weight excluding hydrogens is 292 g/mol. The lowest BCUT2D eigenvalue weighted by Gasteiger charge is -2.17. The molecule has 2 rings (SSSR count). The van der Waals surface area contributed by atoms with E-state index >= 15 is 0 Å². The average molecular weight is 314 g/mol. The highest BCUT2D eigenvalue weighted by Crippen LogP contribution is 2.23. The maximum absolute atomic E-state index is 12.2. The Bertz CT molecular complexity index is 562. The Morgan fingerprint density at radius 2 is 2.14 bits per heavy atom. The fraction of sp³-hybridized carbons (Fsp3) is 0.571. The van der Waals surface area contributed by atoms with Gasteiger partial charge in [0.1, 0.15) is 12.4 Å². The van der Waals surface area contributed by atoms with E-state index in [4.69, 9.17) is 15.6 Å². The van der Waals surface area contributed by atoms with Crippen molar-refractivity contribution in [2.75, 3.05) is 37.8 Å². The van der Waals surface area contributed by atoms with Gasteiger partial charge in [0.05, 0.1) is 11.4 Å². The molecule has 118 valence electrons.